The highest BCUT2D eigenvalue weighted by Crippen LogP contribution is 2.37. The Morgan fingerprint density at radius 2 is 2.18 bits per heavy atom. The summed E-state index contributed by atoms with van der Waals surface area (Å²) >= 11 is 0. The highest BCUT2D eigenvalue weighted by atomic mass is 16.5. The van der Waals surface area contributed by atoms with E-state index >= 15 is 0 Å². The molecule has 1 fully saturated rings. The third-order valence-corrected chi connectivity index (χ3v) is 2.88. The van der Waals surface area contributed by atoms with Crippen LogP contribution in [0.3, 0.4) is 0 Å². The molecule has 0 atom stereocenters. The molecule has 92 valence electrons. The second-order valence-electron chi connectivity index (χ2n) is 4.07. The normalized spacial score (nSPS) is 15.1. The van der Waals surface area contributed by atoms with Gasteiger partial charge in [-0.25, -0.2) is 4.79 Å². The minimum absolute atomic E-state index is 0.109. The van der Waals surface area contributed by atoms with Gasteiger partial charge >= 0.3 is 5.97 Å². The Balaban J connectivity index is 2.34. The van der Waals surface area contributed by atoms with Crippen LogP contribution in [-0.4, -0.2) is 24.3 Å². The van der Waals surface area contributed by atoms with Crippen molar-refractivity contribution in [3.8, 4) is 11.5 Å². The van der Waals surface area contributed by atoms with Crippen molar-refractivity contribution in [1.82, 2.24) is 0 Å². The lowest BCUT2D eigenvalue weighted by atomic mass is 9.96. The number of methoxy groups -OCH3 is 1. The Kier molecular flexibility index (Phi) is 3.08. The van der Waals surface area contributed by atoms with Gasteiger partial charge < -0.3 is 20.3 Å². The van der Waals surface area contributed by atoms with E-state index in [1.165, 1.54) is 19.2 Å². The van der Waals surface area contributed by atoms with Gasteiger partial charge in [-0.05, 0) is 31.4 Å². The Bertz CT molecular complexity index is 440. The molecule has 1 saturated carbocycles. The highest BCUT2D eigenvalue weighted by Gasteiger charge is 2.22. The van der Waals surface area contributed by atoms with E-state index in [2.05, 4.69) is 0 Å². The lowest BCUT2D eigenvalue weighted by Gasteiger charge is -2.27. The summed E-state index contributed by atoms with van der Waals surface area (Å²) in [4.78, 5) is 10.9. The van der Waals surface area contributed by atoms with E-state index in [0.717, 1.165) is 19.3 Å². The third kappa shape index (κ3) is 2.27. The average Bonchev–Trinajstić information content (AvgIpc) is 2.22. The van der Waals surface area contributed by atoms with Crippen LogP contribution in [-0.2, 0) is 0 Å². The standard InChI is InChI=1S/C12H15NO4/c1-16-11-9(13)5-7(12(14)15)6-10(11)17-8-3-2-4-8/h5-6,8H,2-4,13H2,1H3,(H,14,15). The number of benzene rings is 1. The lowest BCUT2D eigenvalue weighted by Crippen LogP contribution is -2.25. The largest absolute Gasteiger partial charge is 0.491 e. The second kappa shape index (κ2) is 4.53. The molecule has 0 unspecified atom stereocenters. The van der Waals surface area contributed by atoms with E-state index in [9.17, 15) is 4.79 Å². The van der Waals surface area contributed by atoms with Gasteiger partial charge in [-0.2, -0.15) is 0 Å². The fraction of sp³-hybridized carbons (Fsp3) is 0.417. The summed E-state index contributed by atoms with van der Waals surface area (Å²) in [5.74, 6) is -0.214. The monoisotopic (exact) mass is 237 g/mol. The number of ether oxygens (including phenoxy) is 2. The number of aromatic carboxylic acids is 1. The van der Waals surface area contributed by atoms with E-state index in [0.29, 0.717) is 11.5 Å². The predicted octanol–water partition coefficient (Wildman–Crippen LogP) is 1.91. The molecule has 0 spiro atoms. The summed E-state index contributed by atoms with van der Waals surface area (Å²) in [6.45, 7) is 0. The fourth-order valence-electron chi connectivity index (χ4n) is 1.72. The molecule has 3 N–H and O–H groups in total. The van der Waals surface area contributed by atoms with Crippen molar-refractivity contribution in [2.45, 2.75) is 25.4 Å². The first-order valence-corrected chi connectivity index (χ1v) is 5.49. The highest BCUT2D eigenvalue weighted by molar-refractivity contribution is 5.90. The van der Waals surface area contributed by atoms with E-state index in [1.54, 1.807) is 0 Å². The van der Waals surface area contributed by atoms with Gasteiger partial charge in [0.05, 0.1) is 24.5 Å². The summed E-state index contributed by atoms with van der Waals surface area (Å²) in [5.41, 5.74) is 6.13. The zero-order valence-corrected chi connectivity index (χ0v) is 9.60. The fourth-order valence-corrected chi connectivity index (χ4v) is 1.72. The van der Waals surface area contributed by atoms with E-state index in [1.807, 2.05) is 0 Å². The van der Waals surface area contributed by atoms with Crippen LogP contribution in [0.4, 0.5) is 5.69 Å². The molecule has 0 heterocycles. The average molecular weight is 237 g/mol. The van der Waals surface area contributed by atoms with Gasteiger partial charge in [0.2, 0.25) is 0 Å². The molecule has 5 heteroatoms. The Morgan fingerprint density at radius 3 is 2.65 bits per heavy atom. The number of carbonyl (C=O) groups is 1. The second-order valence-corrected chi connectivity index (χ2v) is 4.07. The van der Waals surface area contributed by atoms with Gasteiger partial charge in [0.25, 0.3) is 0 Å². The van der Waals surface area contributed by atoms with Crippen molar-refractivity contribution < 1.29 is 19.4 Å². The van der Waals surface area contributed by atoms with Crippen LogP contribution >= 0.6 is 0 Å². The van der Waals surface area contributed by atoms with Crippen molar-refractivity contribution in [2.24, 2.45) is 0 Å². The summed E-state index contributed by atoms with van der Waals surface area (Å²) in [7, 11) is 1.49. The Morgan fingerprint density at radius 1 is 1.47 bits per heavy atom. The quantitative estimate of drug-likeness (QED) is 0.781. The summed E-state index contributed by atoms with van der Waals surface area (Å²) in [5, 5.41) is 8.95. The molecule has 0 saturated heterocycles. The molecule has 1 aromatic rings. The maximum absolute atomic E-state index is 10.9. The molecule has 5 nitrogen and oxygen atoms in total. The van der Waals surface area contributed by atoms with Crippen LogP contribution in [0, 0.1) is 0 Å². The molecule has 0 bridgehead atoms. The Labute approximate surface area is 99.1 Å². The zero-order valence-electron chi connectivity index (χ0n) is 9.60. The number of carboxylic acids is 1. The van der Waals surface area contributed by atoms with Gasteiger partial charge in [-0.15, -0.1) is 0 Å². The minimum Gasteiger partial charge on any atom is -0.491 e. The number of anilines is 1. The van der Waals surface area contributed by atoms with Crippen LogP contribution in [0.5, 0.6) is 11.5 Å². The molecule has 1 aliphatic rings. The first-order valence-electron chi connectivity index (χ1n) is 5.49. The van der Waals surface area contributed by atoms with Crippen molar-refractivity contribution >= 4 is 11.7 Å². The SMILES string of the molecule is COc1c(N)cc(C(=O)O)cc1OC1CCC1. The number of hydrogen-bond acceptors (Lipinski definition) is 4. The first kappa shape index (κ1) is 11.6. The van der Waals surface area contributed by atoms with Crippen molar-refractivity contribution in [2.75, 3.05) is 12.8 Å². The molecule has 0 aromatic heterocycles. The summed E-state index contributed by atoms with van der Waals surface area (Å²) < 4.78 is 10.8. The van der Waals surface area contributed by atoms with Crippen LogP contribution in [0.25, 0.3) is 0 Å². The number of hydrogen-bond donors (Lipinski definition) is 2. The maximum atomic E-state index is 10.9. The topological polar surface area (TPSA) is 81.8 Å². The molecule has 17 heavy (non-hydrogen) atoms. The smallest absolute Gasteiger partial charge is 0.335 e. The van der Waals surface area contributed by atoms with Crippen molar-refractivity contribution in [3.63, 3.8) is 0 Å². The number of nitrogen functional groups attached to an aromatic ring is 1. The van der Waals surface area contributed by atoms with E-state index in [-0.39, 0.29) is 17.4 Å². The zero-order chi connectivity index (χ0) is 12.4. The third-order valence-electron chi connectivity index (χ3n) is 2.88. The van der Waals surface area contributed by atoms with Gasteiger partial charge in [0.15, 0.2) is 11.5 Å². The summed E-state index contributed by atoms with van der Waals surface area (Å²) in [6, 6.07) is 2.82. The van der Waals surface area contributed by atoms with E-state index < -0.39 is 5.97 Å². The van der Waals surface area contributed by atoms with Gasteiger partial charge in [-0.3, -0.25) is 0 Å². The Hall–Kier alpha value is -1.91. The number of carboxylic acid groups (broad SMARTS) is 1. The van der Waals surface area contributed by atoms with Crippen LogP contribution < -0.4 is 15.2 Å². The molecule has 0 amide bonds. The van der Waals surface area contributed by atoms with E-state index in [4.69, 9.17) is 20.3 Å². The van der Waals surface area contributed by atoms with Crippen LogP contribution in [0.15, 0.2) is 12.1 Å². The molecular formula is C12H15NO4. The molecular weight excluding hydrogens is 222 g/mol. The molecule has 0 radical (unpaired) electrons. The molecule has 0 aliphatic heterocycles. The molecule has 1 aliphatic carbocycles. The predicted molar refractivity (Wildman–Crippen MR) is 62.6 cm³/mol. The number of rotatable bonds is 4. The van der Waals surface area contributed by atoms with Crippen LogP contribution in [0.1, 0.15) is 29.6 Å². The molecule has 2 rings (SSSR count). The van der Waals surface area contributed by atoms with Gasteiger partial charge in [0.1, 0.15) is 0 Å². The minimum atomic E-state index is -1.03. The van der Waals surface area contributed by atoms with Crippen LogP contribution in [0.2, 0.25) is 0 Å². The maximum Gasteiger partial charge on any atom is 0.335 e. The van der Waals surface area contributed by atoms with Crippen molar-refractivity contribution in [3.05, 3.63) is 17.7 Å². The first-order chi connectivity index (χ1) is 8.11. The lowest BCUT2D eigenvalue weighted by molar-refractivity contribution is 0.0694. The molecule has 1 aromatic carbocycles. The van der Waals surface area contributed by atoms with Crippen molar-refractivity contribution in [1.29, 1.82) is 0 Å². The van der Waals surface area contributed by atoms with Gasteiger partial charge in [-0.1, -0.05) is 0 Å². The number of nitrogens with two attached hydrogens (primary N) is 1. The summed E-state index contributed by atoms with van der Waals surface area (Å²) in [6.07, 6.45) is 3.26. The van der Waals surface area contributed by atoms with Gasteiger partial charge in [0, 0.05) is 0 Å².